The molecule has 0 aliphatic heterocycles. The van der Waals surface area contributed by atoms with E-state index >= 15 is 0 Å². The lowest BCUT2D eigenvalue weighted by molar-refractivity contribution is -0.139. The molecule has 0 aliphatic carbocycles. The van der Waals surface area contributed by atoms with Gasteiger partial charge in [0.15, 0.2) is 0 Å². The first kappa shape index (κ1) is 14.8. The molecule has 0 bridgehead atoms. The molecule has 98 valence electrons. The Morgan fingerprint density at radius 3 is 2.89 bits per heavy atom. The van der Waals surface area contributed by atoms with Crippen LogP contribution in [0.3, 0.4) is 0 Å². The average molecular weight is 285 g/mol. The minimum absolute atomic E-state index is 0.289. The first-order valence-corrected chi connectivity index (χ1v) is 7.46. The normalized spacial score (nSPS) is 12.6. The zero-order valence-corrected chi connectivity index (χ0v) is 11.8. The molecule has 6 heteroatoms. The lowest BCUT2D eigenvalue weighted by atomic mass is 10.2. The van der Waals surface area contributed by atoms with E-state index in [-0.39, 0.29) is 12.3 Å². The number of thiophene rings is 1. The summed E-state index contributed by atoms with van der Waals surface area (Å²) in [5, 5.41) is 13.4. The zero-order valence-electron chi connectivity index (χ0n) is 10.2. The molecular formula is C12H15NO3S2. The lowest BCUT2D eigenvalue weighted by Crippen LogP contribution is -2.40. The summed E-state index contributed by atoms with van der Waals surface area (Å²) < 4.78 is 0. The highest BCUT2D eigenvalue weighted by Gasteiger charge is 2.21. The van der Waals surface area contributed by atoms with Crippen molar-refractivity contribution in [3.63, 3.8) is 0 Å². The van der Waals surface area contributed by atoms with Gasteiger partial charge < -0.3 is 10.4 Å². The molecule has 1 heterocycles. The minimum atomic E-state index is -1.02. The Hall–Kier alpha value is -1.27. The number of hydrogen-bond acceptors (Lipinski definition) is 4. The zero-order chi connectivity index (χ0) is 13.5. The fraction of sp³-hybridized carbons (Fsp3) is 0.333. The van der Waals surface area contributed by atoms with Gasteiger partial charge >= 0.3 is 5.97 Å². The Bertz CT molecular complexity index is 454. The highest BCUT2D eigenvalue weighted by molar-refractivity contribution is 7.98. The van der Waals surface area contributed by atoms with Crippen LogP contribution in [0.1, 0.15) is 23.0 Å². The fourth-order valence-electron chi connectivity index (χ4n) is 1.34. The van der Waals surface area contributed by atoms with E-state index in [1.54, 1.807) is 12.2 Å². The van der Waals surface area contributed by atoms with Crippen LogP contribution in [-0.2, 0) is 4.79 Å². The van der Waals surface area contributed by atoms with Crippen LogP contribution in [0.15, 0.2) is 28.5 Å². The standard InChI is InChI=1S/C12H15NO3S2/c1-3-4-5-8(12(15)16)13-11(14)10-9(17-2)6-7-18-10/h3-4,6-8H,5H2,1-2H3,(H,13,14)(H,15,16)/b4-3+. The van der Waals surface area contributed by atoms with Crippen LogP contribution < -0.4 is 5.32 Å². The van der Waals surface area contributed by atoms with Gasteiger partial charge in [0.1, 0.15) is 10.9 Å². The van der Waals surface area contributed by atoms with Gasteiger partial charge in [0.25, 0.3) is 5.91 Å². The molecule has 0 saturated carbocycles. The number of carbonyl (C=O) groups excluding carboxylic acids is 1. The Morgan fingerprint density at radius 2 is 2.33 bits per heavy atom. The molecule has 1 amide bonds. The summed E-state index contributed by atoms with van der Waals surface area (Å²) in [6, 6.07) is 0.969. The molecule has 1 aromatic heterocycles. The van der Waals surface area contributed by atoms with Crippen molar-refractivity contribution in [1.82, 2.24) is 5.32 Å². The van der Waals surface area contributed by atoms with Crippen molar-refractivity contribution in [2.45, 2.75) is 24.3 Å². The summed E-state index contributed by atoms with van der Waals surface area (Å²) in [6.45, 7) is 1.81. The molecule has 1 aromatic rings. The lowest BCUT2D eigenvalue weighted by Gasteiger charge is -2.12. The summed E-state index contributed by atoms with van der Waals surface area (Å²) >= 11 is 2.79. The Morgan fingerprint density at radius 1 is 1.61 bits per heavy atom. The molecule has 0 radical (unpaired) electrons. The predicted molar refractivity (Wildman–Crippen MR) is 74.4 cm³/mol. The van der Waals surface area contributed by atoms with Gasteiger partial charge in [-0.05, 0) is 31.0 Å². The average Bonchev–Trinajstić information content (AvgIpc) is 2.82. The highest BCUT2D eigenvalue weighted by atomic mass is 32.2. The quantitative estimate of drug-likeness (QED) is 0.623. The largest absolute Gasteiger partial charge is 0.480 e. The first-order chi connectivity index (χ1) is 8.60. The third-order valence-electron chi connectivity index (χ3n) is 2.27. The van der Waals surface area contributed by atoms with Crippen LogP contribution in [0.25, 0.3) is 0 Å². The van der Waals surface area contributed by atoms with Crippen LogP contribution in [-0.4, -0.2) is 29.3 Å². The van der Waals surface area contributed by atoms with Crippen molar-refractivity contribution in [2.75, 3.05) is 6.26 Å². The molecule has 0 fully saturated rings. The van der Waals surface area contributed by atoms with Crippen LogP contribution >= 0.6 is 23.1 Å². The number of carboxylic acids is 1. The highest BCUT2D eigenvalue weighted by Crippen LogP contribution is 2.25. The van der Waals surface area contributed by atoms with Gasteiger partial charge in [-0.1, -0.05) is 12.2 Å². The number of nitrogens with one attached hydrogen (secondary N) is 1. The van der Waals surface area contributed by atoms with Crippen molar-refractivity contribution >= 4 is 35.0 Å². The number of carboxylic acid groups (broad SMARTS) is 1. The van der Waals surface area contributed by atoms with Gasteiger partial charge in [-0.15, -0.1) is 23.1 Å². The maximum absolute atomic E-state index is 12.0. The van der Waals surface area contributed by atoms with Gasteiger partial charge in [-0.2, -0.15) is 0 Å². The van der Waals surface area contributed by atoms with Crippen molar-refractivity contribution in [3.05, 3.63) is 28.5 Å². The monoisotopic (exact) mass is 285 g/mol. The van der Waals surface area contributed by atoms with E-state index in [1.807, 2.05) is 24.6 Å². The molecule has 1 unspecified atom stereocenters. The molecular weight excluding hydrogens is 270 g/mol. The summed E-state index contributed by atoms with van der Waals surface area (Å²) in [7, 11) is 0. The maximum atomic E-state index is 12.0. The molecule has 0 saturated heterocycles. The summed E-state index contributed by atoms with van der Waals surface area (Å²) in [4.78, 5) is 24.4. The summed E-state index contributed by atoms with van der Waals surface area (Å²) in [6.07, 6.45) is 5.66. The SMILES string of the molecule is C/C=C/CC(NC(=O)c1sccc1SC)C(=O)O. The number of rotatable bonds is 6. The van der Waals surface area contributed by atoms with Gasteiger partial charge in [0.2, 0.25) is 0 Å². The number of carbonyl (C=O) groups is 2. The van der Waals surface area contributed by atoms with E-state index in [2.05, 4.69) is 5.32 Å². The van der Waals surface area contributed by atoms with E-state index in [0.717, 1.165) is 4.90 Å². The Balaban J connectivity index is 2.75. The van der Waals surface area contributed by atoms with Crippen molar-refractivity contribution in [3.8, 4) is 0 Å². The first-order valence-electron chi connectivity index (χ1n) is 5.36. The molecule has 18 heavy (non-hydrogen) atoms. The van der Waals surface area contributed by atoms with E-state index in [4.69, 9.17) is 5.11 Å². The number of hydrogen-bond donors (Lipinski definition) is 2. The number of thioether (sulfide) groups is 1. The van der Waals surface area contributed by atoms with Gasteiger partial charge in [0.05, 0.1) is 0 Å². The van der Waals surface area contributed by atoms with E-state index < -0.39 is 12.0 Å². The summed E-state index contributed by atoms with van der Waals surface area (Å²) in [5.74, 6) is -1.35. The van der Waals surface area contributed by atoms with Gasteiger partial charge in [0, 0.05) is 4.90 Å². The van der Waals surface area contributed by atoms with Crippen molar-refractivity contribution < 1.29 is 14.7 Å². The third kappa shape index (κ3) is 3.89. The predicted octanol–water partition coefficient (Wildman–Crippen LogP) is 2.62. The molecule has 4 nitrogen and oxygen atoms in total. The topological polar surface area (TPSA) is 66.4 Å². The van der Waals surface area contributed by atoms with E-state index in [0.29, 0.717) is 4.88 Å². The van der Waals surface area contributed by atoms with Gasteiger partial charge in [-0.3, -0.25) is 4.79 Å². The van der Waals surface area contributed by atoms with E-state index in [9.17, 15) is 9.59 Å². The van der Waals surface area contributed by atoms with Crippen molar-refractivity contribution in [1.29, 1.82) is 0 Å². The second kappa shape index (κ2) is 7.23. The van der Waals surface area contributed by atoms with Gasteiger partial charge in [-0.25, -0.2) is 4.79 Å². The molecule has 0 spiro atoms. The molecule has 2 N–H and O–H groups in total. The van der Waals surface area contributed by atoms with Crippen LogP contribution in [0.4, 0.5) is 0 Å². The molecule has 0 aromatic carbocycles. The fourth-order valence-corrected chi connectivity index (χ4v) is 2.99. The molecule has 1 atom stereocenters. The van der Waals surface area contributed by atoms with Crippen LogP contribution in [0.5, 0.6) is 0 Å². The Labute approximate surface area is 114 Å². The van der Waals surface area contributed by atoms with Crippen LogP contribution in [0, 0.1) is 0 Å². The second-order valence-electron chi connectivity index (χ2n) is 3.49. The van der Waals surface area contributed by atoms with Crippen LogP contribution in [0.2, 0.25) is 0 Å². The van der Waals surface area contributed by atoms with E-state index in [1.165, 1.54) is 23.1 Å². The number of allylic oxidation sites excluding steroid dienone is 1. The number of amides is 1. The third-order valence-corrected chi connectivity index (χ3v) is 4.09. The molecule has 0 aliphatic rings. The van der Waals surface area contributed by atoms with Crippen molar-refractivity contribution in [2.24, 2.45) is 0 Å². The number of aliphatic carboxylic acids is 1. The Kier molecular flexibility index (Phi) is 5.94. The maximum Gasteiger partial charge on any atom is 0.326 e. The molecule has 1 rings (SSSR count). The second-order valence-corrected chi connectivity index (χ2v) is 5.25. The minimum Gasteiger partial charge on any atom is -0.480 e. The summed E-state index contributed by atoms with van der Waals surface area (Å²) in [5.41, 5.74) is 0. The smallest absolute Gasteiger partial charge is 0.326 e.